The highest BCUT2D eigenvalue weighted by Crippen LogP contribution is 2.24. The first kappa shape index (κ1) is 20.5. The number of nitrogens with zero attached hydrogens (tertiary/aromatic N) is 3. The number of carbonyl (C=O) groups is 1. The molecule has 1 amide bonds. The third-order valence-electron chi connectivity index (χ3n) is 4.82. The summed E-state index contributed by atoms with van der Waals surface area (Å²) >= 11 is 0. The Bertz CT molecular complexity index is 918. The molecule has 0 spiro atoms. The topological polar surface area (TPSA) is 95.8 Å². The van der Waals surface area contributed by atoms with Crippen molar-refractivity contribution in [3.63, 3.8) is 0 Å². The van der Waals surface area contributed by atoms with Crippen molar-refractivity contribution >= 4 is 21.6 Å². The molecular weight excluding hydrogens is 380 g/mol. The summed E-state index contributed by atoms with van der Waals surface area (Å²) in [7, 11) is -3.66. The quantitative estimate of drug-likeness (QED) is 0.815. The van der Waals surface area contributed by atoms with Crippen LogP contribution in [-0.2, 0) is 14.8 Å². The lowest BCUT2D eigenvalue weighted by molar-refractivity contribution is -0.117. The van der Waals surface area contributed by atoms with Crippen LogP contribution in [-0.4, -0.2) is 61.4 Å². The number of amides is 1. The van der Waals surface area contributed by atoms with Gasteiger partial charge in [0.25, 0.3) is 0 Å². The van der Waals surface area contributed by atoms with Crippen LogP contribution in [0.4, 0.5) is 5.69 Å². The Hall–Kier alpha value is -2.23. The largest absolute Gasteiger partial charge is 0.360 e. The maximum absolute atomic E-state index is 13.0. The Morgan fingerprint density at radius 1 is 1.11 bits per heavy atom. The molecule has 8 nitrogen and oxygen atoms in total. The van der Waals surface area contributed by atoms with Crippen molar-refractivity contribution in [2.45, 2.75) is 32.1 Å². The van der Waals surface area contributed by atoms with E-state index in [0.29, 0.717) is 44.1 Å². The van der Waals surface area contributed by atoms with Gasteiger partial charge in [-0.05, 0) is 45.9 Å². The van der Waals surface area contributed by atoms with Gasteiger partial charge in [-0.2, -0.15) is 4.31 Å². The number of anilines is 1. The average molecular weight is 407 g/mol. The lowest BCUT2D eigenvalue weighted by atomic mass is 10.2. The van der Waals surface area contributed by atoms with E-state index >= 15 is 0 Å². The van der Waals surface area contributed by atoms with E-state index in [1.807, 2.05) is 36.1 Å². The molecule has 0 saturated carbocycles. The fourth-order valence-electron chi connectivity index (χ4n) is 3.36. The average Bonchev–Trinajstić information content (AvgIpc) is 2.83. The van der Waals surface area contributed by atoms with Gasteiger partial charge < -0.3 is 9.84 Å². The van der Waals surface area contributed by atoms with E-state index in [1.54, 1.807) is 13.8 Å². The maximum Gasteiger partial charge on any atom is 0.248 e. The standard InChI is InChI=1S/C19H26N4O4S/c1-14-5-7-17(8-6-14)20-18(24)13-22-9-4-10-23(12-11-22)28(25,26)19-15(2)21-27-16(19)3/h5-8H,4,9-13H2,1-3H3,(H,20,24). The van der Waals surface area contributed by atoms with Gasteiger partial charge in [-0.3, -0.25) is 9.69 Å². The van der Waals surface area contributed by atoms with Gasteiger partial charge in [0.1, 0.15) is 10.6 Å². The van der Waals surface area contributed by atoms with Crippen LogP contribution in [0.25, 0.3) is 0 Å². The third kappa shape index (κ3) is 4.60. The molecule has 1 aliphatic heterocycles. The summed E-state index contributed by atoms with van der Waals surface area (Å²) < 4.78 is 32.4. The number of hydrogen-bond acceptors (Lipinski definition) is 6. The van der Waals surface area contributed by atoms with E-state index in [-0.39, 0.29) is 17.3 Å². The molecule has 2 aromatic rings. The molecule has 2 heterocycles. The zero-order valence-electron chi connectivity index (χ0n) is 16.4. The minimum atomic E-state index is -3.66. The number of sulfonamides is 1. The Kier molecular flexibility index (Phi) is 6.17. The lowest BCUT2D eigenvalue weighted by Crippen LogP contribution is -2.38. The zero-order chi connectivity index (χ0) is 20.3. The van der Waals surface area contributed by atoms with E-state index < -0.39 is 10.0 Å². The summed E-state index contributed by atoms with van der Waals surface area (Å²) in [6, 6.07) is 7.62. The molecule has 28 heavy (non-hydrogen) atoms. The Morgan fingerprint density at radius 2 is 1.82 bits per heavy atom. The molecule has 3 rings (SSSR count). The Balaban J connectivity index is 1.60. The molecule has 0 bridgehead atoms. The summed E-state index contributed by atoms with van der Waals surface area (Å²) in [5.74, 6) is 0.196. The van der Waals surface area contributed by atoms with Crippen molar-refractivity contribution in [1.82, 2.24) is 14.4 Å². The van der Waals surface area contributed by atoms with E-state index in [0.717, 1.165) is 11.3 Å². The summed E-state index contributed by atoms with van der Waals surface area (Å²) in [5.41, 5.74) is 2.26. The number of aromatic nitrogens is 1. The maximum atomic E-state index is 13.0. The highest BCUT2D eigenvalue weighted by Gasteiger charge is 2.32. The number of benzene rings is 1. The van der Waals surface area contributed by atoms with Crippen LogP contribution in [0.2, 0.25) is 0 Å². The van der Waals surface area contributed by atoms with Gasteiger partial charge in [-0.1, -0.05) is 22.9 Å². The van der Waals surface area contributed by atoms with Crippen molar-refractivity contribution in [2.75, 3.05) is 38.0 Å². The second kappa shape index (κ2) is 8.42. The number of rotatable bonds is 5. The first-order valence-electron chi connectivity index (χ1n) is 9.29. The Morgan fingerprint density at radius 3 is 2.46 bits per heavy atom. The van der Waals surface area contributed by atoms with Gasteiger partial charge in [0, 0.05) is 25.3 Å². The van der Waals surface area contributed by atoms with Gasteiger partial charge in [0.2, 0.25) is 15.9 Å². The second-order valence-electron chi connectivity index (χ2n) is 7.10. The molecule has 1 aromatic carbocycles. The number of aryl methyl sites for hydroxylation is 3. The molecule has 0 atom stereocenters. The van der Waals surface area contributed by atoms with E-state index in [2.05, 4.69) is 10.5 Å². The predicted octanol–water partition coefficient (Wildman–Crippen LogP) is 1.93. The SMILES string of the molecule is Cc1ccc(NC(=O)CN2CCCN(S(=O)(=O)c3c(C)noc3C)CC2)cc1. The van der Waals surface area contributed by atoms with Crippen molar-refractivity contribution < 1.29 is 17.7 Å². The van der Waals surface area contributed by atoms with Crippen LogP contribution in [0.15, 0.2) is 33.7 Å². The summed E-state index contributed by atoms with van der Waals surface area (Å²) in [6.45, 7) is 7.33. The molecule has 152 valence electrons. The lowest BCUT2D eigenvalue weighted by Gasteiger charge is -2.21. The van der Waals surface area contributed by atoms with Crippen LogP contribution in [0.3, 0.4) is 0 Å². The molecule has 0 radical (unpaired) electrons. The molecule has 1 saturated heterocycles. The highest BCUT2D eigenvalue weighted by molar-refractivity contribution is 7.89. The fourth-order valence-corrected chi connectivity index (χ4v) is 5.12. The van der Waals surface area contributed by atoms with Crippen LogP contribution in [0, 0.1) is 20.8 Å². The highest BCUT2D eigenvalue weighted by atomic mass is 32.2. The van der Waals surface area contributed by atoms with Crippen LogP contribution in [0.1, 0.15) is 23.4 Å². The fraction of sp³-hybridized carbons (Fsp3) is 0.474. The first-order valence-corrected chi connectivity index (χ1v) is 10.7. The van der Waals surface area contributed by atoms with Gasteiger partial charge in [-0.25, -0.2) is 8.42 Å². The van der Waals surface area contributed by atoms with Gasteiger partial charge in [0.15, 0.2) is 5.76 Å². The van der Waals surface area contributed by atoms with Gasteiger partial charge in [0.05, 0.1) is 6.54 Å². The van der Waals surface area contributed by atoms with E-state index in [1.165, 1.54) is 4.31 Å². The van der Waals surface area contributed by atoms with Gasteiger partial charge in [-0.15, -0.1) is 0 Å². The normalized spacial score (nSPS) is 16.7. The first-order chi connectivity index (χ1) is 13.3. The molecule has 1 fully saturated rings. The molecule has 1 N–H and O–H groups in total. The number of hydrogen-bond donors (Lipinski definition) is 1. The summed E-state index contributed by atoms with van der Waals surface area (Å²) in [5, 5.41) is 6.64. The molecule has 0 unspecified atom stereocenters. The number of carbonyl (C=O) groups excluding carboxylic acids is 1. The molecule has 1 aromatic heterocycles. The predicted molar refractivity (Wildman–Crippen MR) is 106 cm³/mol. The molecule has 9 heteroatoms. The molecule has 1 aliphatic rings. The van der Waals surface area contributed by atoms with E-state index in [9.17, 15) is 13.2 Å². The smallest absolute Gasteiger partial charge is 0.248 e. The number of nitrogens with one attached hydrogen (secondary N) is 1. The minimum absolute atomic E-state index is 0.106. The van der Waals surface area contributed by atoms with Crippen LogP contribution in [0.5, 0.6) is 0 Å². The van der Waals surface area contributed by atoms with Crippen molar-refractivity contribution in [3.8, 4) is 0 Å². The monoisotopic (exact) mass is 406 g/mol. The molecule has 0 aliphatic carbocycles. The third-order valence-corrected chi connectivity index (χ3v) is 6.96. The van der Waals surface area contributed by atoms with Crippen LogP contribution < -0.4 is 5.32 Å². The zero-order valence-corrected chi connectivity index (χ0v) is 17.3. The summed E-state index contributed by atoms with van der Waals surface area (Å²) in [4.78, 5) is 14.5. The second-order valence-corrected chi connectivity index (χ2v) is 8.98. The van der Waals surface area contributed by atoms with Crippen molar-refractivity contribution in [1.29, 1.82) is 0 Å². The van der Waals surface area contributed by atoms with E-state index in [4.69, 9.17) is 4.52 Å². The van der Waals surface area contributed by atoms with Crippen molar-refractivity contribution in [2.24, 2.45) is 0 Å². The van der Waals surface area contributed by atoms with Gasteiger partial charge >= 0.3 is 0 Å². The van der Waals surface area contributed by atoms with Crippen molar-refractivity contribution in [3.05, 3.63) is 41.3 Å². The Labute approximate surface area is 165 Å². The minimum Gasteiger partial charge on any atom is -0.360 e. The molecular formula is C19H26N4O4S. The summed E-state index contributed by atoms with van der Waals surface area (Å²) in [6.07, 6.45) is 0.653. The van der Waals surface area contributed by atoms with Crippen LogP contribution >= 0.6 is 0 Å².